The second-order valence-corrected chi connectivity index (χ2v) is 5.37. The molecule has 0 spiro atoms. The minimum atomic E-state index is -0.299. The number of nitrogens with one attached hydrogen (secondary N) is 1. The molecule has 0 aliphatic rings. The Kier molecular flexibility index (Phi) is 4.75. The van der Waals surface area contributed by atoms with Crippen molar-refractivity contribution in [3.8, 4) is 5.75 Å². The maximum absolute atomic E-state index is 13.2. The molecule has 0 aromatic heterocycles. The first kappa shape index (κ1) is 15.0. The van der Waals surface area contributed by atoms with E-state index in [1.165, 1.54) is 12.1 Å². The van der Waals surface area contributed by atoms with Gasteiger partial charge in [0.2, 0.25) is 0 Å². The molecular weight excluding hydrogens is 323 g/mol. The fourth-order valence-corrected chi connectivity index (χ4v) is 2.74. The molecule has 0 saturated heterocycles. The van der Waals surface area contributed by atoms with Gasteiger partial charge in [-0.3, -0.25) is 5.84 Å². The van der Waals surface area contributed by atoms with Crippen molar-refractivity contribution in [1.82, 2.24) is 5.43 Å². The van der Waals surface area contributed by atoms with E-state index in [2.05, 4.69) is 21.4 Å². The van der Waals surface area contributed by atoms with E-state index in [1.54, 1.807) is 13.2 Å². The average Bonchev–Trinajstić information content (AvgIpc) is 2.42. The van der Waals surface area contributed by atoms with Gasteiger partial charge in [0.1, 0.15) is 11.6 Å². The number of benzene rings is 2. The third kappa shape index (κ3) is 3.00. The second kappa shape index (κ2) is 6.35. The van der Waals surface area contributed by atoms with Crippen molar-refractivity contribution in [2.45, 2.75) is 13.0 Å². The lowest BCUT2D eigenvalue weighted by molar-refractivity contribution is 0.404. The molecule has 3 N–H and O–H groups in total. The van der Waals surface area contributed by atoms with Crippen molar-refractivity contribution in [2.24, 2.45) is 5.84 Å². The molecule has 0 saturated carbocycles. The Morgan fingerprint density at radius 2 is 1.95 bits per heavy atom. The highest BCUT2D eigenvalue weighted by Crippen LogP contribution is 2.34. The van der Waals surface area contributed by atoms with E-state index in [9.17, 15) is 4.39 Å². The van der Waals surface area contributed by atoms with Crippen LogP contribution in [0.1, 0.15) is 22.7 Å². The minimum Gasteiger partial charge on any atom is -0.496 e. The summed E-state index contributed by atoms with van der Waals surface area (Å²) in [4.78, 5) is 0. The van der Waals surface area contributed by atoms with Crippen LogP contribution in [0.4, 0.5) is 4.39 Å². The van der Waals surface area contributed by atoms with Crippen LogP contribution in [-0.2, 0) is 0 Å². The number of methoxy groups -OCH3 is 1. The summed E-state index contributed by atoms with van der Waals surface area (Å²) >= 11 is 3.37. The van der Waals surface area contributed by atoms with Crippen LogP contribution in [0.2, 0.25) is 0 Å². The molecule has 3 nitrogen and oxygen atoms in total. The molecule has 0 aliphatic carbocycles. The molecule has 0 radical (unpaired) electrons. The van der Waals surface area contributed by atoms with Gasteiger partial charge in [-0.2, -0.15) is 0 Å². The van der Waals surface area contributed by atoms with Crippen LogP contribution in [0.15, 0.2) is 40.9 Å². The number of hydrogen-bond acceptors (Lipinski definition) is 3. The molecule has 2 aromatic carbocycles. The molecule has 106 valence electrons. The number of ether oxygens (including phenoxy) is 1. The lowest BCUT2D eigenvalue weighted by atomic mass is 9.97. The van der Waals surface area contributed by atoms with Gasteiger partial charge >= 0.3 is 0 Å². The lowest BCUT2D eigenvalue weighted by Crippen LogP contribution is -2.29. The summed E-state index contributed by atoms with van der Waals surface area (Å²) in [6.07, 6.45) is 0. The van der Waals surface area contributed by atoms with E-state index < -0.39 is 0 Å². The monoisotopic (exact) mass is 338 g/mol. The van der Waals surface area contributed by atoms with Gasteiger partial charge in [0.05, 0.1) is 13.2 Å². The minimum absolute atomic E-state index is 0.292. The molecule has 5 heteroatoms. The van der Waals surface area contributed by atoms with E-state index in [4.69, 9.17) is 10.6 Å². The van der Waals surface area contributed by atoms with Crippen LogP contribution < -0.4 is 16.0 Å². The molecule has 1 atom stereocenters. The van der Waals surface area contributed by atoms with Crippen molar-refractivity contribution < 1.29 is 9.13 Å². The summed E-state index contributed by atoms with van der Waals surface area (Å²) in [5.74, 6) is 6.13. The molecule has 0 heterocycles. The Hall–Kier alpha value is -1.43. The maximum atomic E-state index is 13.2. The van der Waals surface area contributed by atoms with Crippen LogP contribution >= 0.6 is 15.9 Å². The SMILES string of the molecule is COc1ccc(C)cc1C(NN)c1ccc(F)cc1Br. The predicted octanol–water partition coefficient (Wildman–Crippen LogP) is 3.46. The van der Waals surface area contributed by atoms with Crippen molar-refractivity contribution >= 4 is 15.9 Å². The number of rotatable bonds is 4. The Balaban J connectivity index is 2.54. The van der Waals surface area contributed by atoms with Gasteiger partial charge in [-0.25, -0.2) is 9.82 Å². The number of halogens is 2. The lowest BCUT2D eigenvalue weighted by Gasteiger charge is -2.21. The number of nitrogens with two attached hydrogens (primary N) is 1. The van der Waals surface area contributed by atoms with Crippen molar-refractivity contribution in [3.05, 3.63) is 63.4 Å². The Labute approximate surface area is 126 Å². The highest BCUT2D eigenvalue weighted by atomic mass is 79.9. The molecular formula is C15H16BrFN2O. The zero-order chi connectivity index (χ0) is 14.7. The summed E-state index contributed by atoms with van der Waals surface area (Å²) in [7, 11) is 1.61. The van der Waals surface area contributed by atoms with Gasteiger partial charge in [-0.15, -0.1) is 0 Å². The van der Waals surface area contributed by atoms with Gasteiger partial charge in [0, 0.05) is 10.0 Å². The molecule has 0 aliphatic heterocycles. The topological polar surface area (TPSA) is 47.3 Å². The fourth-order valence-electron chi connectivity index (χ4n) is 2.16. The fraction of sp³-hybridized carbons (Fsp3) is 0.200. The van der Waals surface area contributed by atoms with Crippen molar-refractivity contribution in [3.63, 3.8) is 0 Å². The van der Waals surface area contributed by atoms with Crippen LogP contribution in [0.25, 0.3) is 0 Å². The first-order valence-electron chi connectivity index (χ1n) is 6.12. The standard InChI is InChI=1S/C15H16BrFN2O/c1-9-3-6-14(20-2)12(7-9)15(19-18)11-5-4-10(17)8-13(11)16/h3-8,15,19H,18H2,1-2H3. The first-order valence-corrected chi connectivity index (χ1v) is 6.91. The number of hydrazine groups is 1. The molecule has 2 aromatic rings. The number of aryl methyl sites for hydroxylation is 1. The van der Waals surface area contributed by atoms with Crippen LogP contribution in [0, 0.1) is 12.7 Å². The van der Waals surface area contributed by atoms with Crippen LogP contribution in [0.5, 0.6) is 5.75 Å². The normalized spacial score (nSPS) is 12.2. The highest BCUT2D eigenvalue weighted by Gasteiger charge is 2.19. The average molecular weight is 339 g/mol. The molecule has 2 rings (SSSR count). The van der Waals surface area contributed by atoms with E-state index in [0.29, 0.717) is 4.47 Å². The van der Waals surface area contributed by atoms with Gasteiger partial charge in [0.25, 0.3) is 0 Å². The van der Waals surface area contributed by atoms with Gasteiger partial charge < -0.3 is 4.74 Å². The maximum Gasteiger partial charge on any atom is 0.124 e. The van der Waals surface area contributed by atoms with Crippen LogP contribution in [0.3, 0.4) is 0 Å². The van der Waals surface area contributed by atoms with Gasteiger partial charge in [-0.1, -0.05) is 39.7 Å². The molecule has 1 unspecified atom stereocenters. The van der Waals surface area contributed by atoms with E-state index >= 15 is 0 Å². The zero-order valence-electron chi connectivity index (χ0n) is 11.3. The highest BCUT2D eigenvalue weighted by molar-refractivity contribution is 9.10. The number of hydrogen-bond donors (Lipinski definition) is 2. The van der Waals surface area contributed by atoms with Crippen molar-refractivity contribution in [1.29, 1.82) is 0 Å². The first-order chi connectivity index (χ1) is 9.56. The Morgan fingerprint density at radius 3 is 2.55 bits per heavy atom. The smallest absolute Gasteiger partial charge is 0.124 e. The third-order valence-corrected chi connectivity index (χ3v) is 3.82. The third-order valence-electron chi connectivity index (χ3n) is 3.14. The van der Waals surface area contributed by atoms with E-state index in [-0.39, 0.29) is 11.9 Å². The van der Waals surface area contributed by atoms with Gasteiger partial charge in [0.15, 0.2) is 0 Å². The summed E-state index contributed by atoms with van der Waals surface area (Å²) in [6, 6.07) is 10.1. The molecule has 0 bridgehead atoms. The van der Waals surface area contributed by atoms with E-state index in [0.717, 1.165) is 22.4 Å². The van der Waals surface area contributed by atoms with Crippen molar-refractivity contribution in [2.75, 3.05) is 7.11 Å². The predicted molar refractivity (Wildman–Crippen MR) is 81.0 cm³/mol. The summed E-state index contributed by atoms with van der Waals surface area (Å²) in [5.41, 5.74) is 5.61. The summed E-state index contributed by atoms with van der Waals surface area (Å²) in [6.45, 7) is 2.00. The molecule has 0 amide bonds. The quantitative estimate of drug-likeness (QED) is 0.663. The molecule has 20 heavy (non-hydrogen) atoms. The van der Waals surface area contributed by atoms with Gasteiger partial charge in [-0.05, 0) is 30.7 Å². The largest absolute Gasteiger partial charge is 0.496 e. The molecule has 0 fully saturated rings. The Morgan fingerprint density at radius 1 is 1.20 bits per heavy atom. The second-order valence-electron chi connectivity index (χ2n) is 4.51. The summed E-state index contributed by atoms with van der Waals surface area (Å²) < 4.78 is 19.3. The van der Waals surface area contributed by atoms with Crippen LogP contribution in [-0.4, -0.2) is 7.11 Å². The van der Waals surface area contributed by atoms with E-state index in [1.807, 2.05) is 25.1 Å². The Bertz CT molecular complexity index is 619. The zero-order valence-corrected chi connectivity index (χ0v) is 12.9. The summed E-state index contributed by atoms with van der Waals surface area (Å²) in [5, 5.41) is 0.